The summed E-state index contributed by atoms with van der Waals surface area (Å²) < 4.78 is 24.5. The lowest BCUT2D eigenvalue weighted by atomic mass is 10.0. The number of hydrogen-bond donors (Lipinski definition) is 1. The Morgan fingerprint density at radius 1 is 1.00 bits per heavy atom. The highest BCUT2D eigenvalue weighted by molar-refractivity contribution is 7.91. The van der Waals surface area contributed by atoms with Gasteiger partial charge in [0.2, 0.25) is 5.91 Å². The first-order valence-electron chi connectivity index (χ1n) is 7.97. The van der Waals surface area contributed by atoms with Crippen LogP contribution in [0.4, 0.5) is 5.69 Å². The van der Waals surface area contributed by atoms with Gasteiger partial charge in [0, 0.05) is 12.1 Å². The molecule has 0 unspecified atom stereocenters. The van der Waals surface area contributed by atoms with E-state index in [1.165, 1.54) is 5.56 Å². The van der Waals surface area contributed by atoms with Crippen molar-refractivity contribution in [2.24, 2.45) is 0 Å². The van der Waals surface area contributed by atoms with Crippen molar-refractivity contribution in [1.29, 1.82) is 0 Å². The summed E-state index contributed by atoms with van der Waals surface area (Å²) in [7, 11) is -3.44. The molecule has 24 heavy (non-hydrogen) atoms. The van der Waals surface area contributed by atoms with Gasteiger partial charge in [0.15, 0.2) is 9.84 Å². The maximum Gasteiger partial charge on any atom is 0.225 e. The Morgan fingerprint density at radius 3 is 2.12 bits per heavy atom. The molecule has 0 fully saturated rings. The Morgan fingerprint density at radius 2 is 1.58 bits per heavy atom. The fourth-order valence-corrected chi connectivity index (χ4v) is 3.51. The van der Waals surface area contributed by atoms with E-state index in [2.05, 4.69) is 19.2 Å². The van der Waals surface area contributed by atoms with Crippen molar-refractivity contribution in [2.75, 3.05) is 11.1 Å². The normalized spacial score (nSPS) is 11.5. The van der Waals surface area contributed by atoms with Crippen LogP contribution in [0.25, 0.3) is 0 Å². The molecule has 0 heterocycles. The maximum absolute atomic E-state index is 12.2. The maximum atomic E-state index is 12.2. The molecule has 2 aromatic rings. The first-order valence-corrected chi connectivity index (χ1v) is 9.62. The lowest BCUT2D eigenvalue weighted by molar-refractivity contribution is -0.115. The third-order valence-corrected chi connectivity index (χ3v) is 5.57. The number of sulfone groups is 1. The van der Waals surface area contributed by atoms with Crippen molar-refractivity contribution < 1.29 is 13.2 Å². The van der Waals surface area contributed by atoms with E-state index < -0.39 is 9.84 Å². The van der Waals surface area contributed by atoms with E-state index in [-0.39, 0.29) is 23.0 Å². The van der Waals surface area contributed by atoms with Gasteiger partial charge in [-0.2, -0.15) is 0 Å². The van der Waals surface area contributed by atoms with Gasteiger partial charge in [-0.1, -0.05) is 43.7 Å². The van der Waals surface area contributed by atoms with Crippen LogP contribution in [0.3, 0.4) is 0 Å². The molecule has 0 saturated carbocycles. The fourth-order valence-electron chi connectivity index (χ4n) is 2.27. The highest BCUT2D eigenvalue weighted by Crippen LogP contribution is 2.18. The van der Waals surface area contributed by atoms with Crippen LogP contribution in [0.15, 0.2) is 53.4 Å². The molecule has 0 radical (unpaired) electrons. The molecule has 0 aliphatic carbocycles. The minimum atomic E-state index is -3.44. The third kappa shape index (κ3) is 4.93. The van der Waals surface area contributed by atoms with Crippen molar-refractivity contribution in [3.05, 3.63) is 59.7 Å². The van der Waals surface area contributed by atoms with Crippen LogP contribution >= 0.6 is 0 Å². The number of benzene rings is 2. The zero-order chi connectivity index (χ0) is 17.7. The molecule has 0 aliphatic rings. The van der Waals surface area contributed by atoms with Crippen LogP contribution in [-0.2, 0) is 14.6 Å². The largest absolute Gasteiger partial charge is 0.326 e. The molecule has 4 nitrogen and oxygen atoms in total. The van der Waals surface area contributed by atoms with Gasteiger partial charge in [0.25, 0.3) is 0 Å². The van der Waals surface area contributed by atoms with Crippen molar-refractivity contribution in [3.63, 3.8) is 0 Å². The monoisotopic (exact) mass is 345 g/mol. The molecule has 2 rings (SSSR count). The number of rotatable bonds is 6. The lowest BCUT2D eigenvalue weighted by Crippen LogP contribution is -2.17. The van der Waals surface area contributed by atoms with Crippen LogP contribution in [0, 0.1) is 6.92 Å². The van der Waals surface area contributed by atoms with Crippen LogP contribution in [0.1, 0.15) is 37.3 Å². The summed E-state index contributed by atoms with van der Waals surface area (Å²) in [6.07, 6.45) is -0.0673. The molecule has 128 valence electrons. The number of carbonyl (C=O) groups is 1. The summed E-state index contributed by atoms with van der Waals surface area (Å²) in [6.45, 7) is 6.10. The Hall–Kier alpha value is -2.14. The standard InChI is InChI=1S/C19H23NO3S/c1-14(2)16-6-8-17(9-7-16)20-19(21)12-13-24(22,23)18-10-4-15(3)5-11-18/h4-11,14H,12-13H2,1-3H3,(H,20,21). The summed E-state index contributed by atoms with van der Waals surface area (Å²) in [5.41, 5.74) is 2.86. The second-order valence-electron chi connectivity index (χ2n) is 6.21. The summed E-state index contributed by atoms with van der Waals surface area (Å²) in [6, 6.07) is 14.3. The molecule has 1 amide bonds. The Bertz CT molecular complexity index is 792. The van der Waals surface area contributed by atoms with E-state index in [0.29, 0.717) is 11.6 Å². The molecule has 0 bridgehead atoms. The fraction of sp³-hybridized carbons (Fsp3) is 0.316. The zero-order valence-electron chi connectivity index (χ0n) is 14.2. The van der Waals surface area contributed by atoms with Gasteiger partial charge in [-0.3, -0.25) is 4.79 Å². The van der Waals surface area contributed by atoms with Crippen molar-refractivity contribution in [1.82, 2.24) is 0 Å². The number of anilines is 1. The number of nitrogens with one attached hydrogen (secondary N) is 1. The molecule has 5 heteroatoms. The Balaban J connectivity index is 1.93. The van der Waals surface area contributed by atoms with Crippen LogP contribution in [-0.4, -0.2) is 20.1 Å². The van der Waals surface area contributed by atoms with E-state index in [0.717, 1.165) is 5.56 Å². The third-order valence-electron chi connectivity index (χ3n) is 3.84. The zero-order valence-corrected chi connectivity index (χ0v) is 15.1. The second-order valence-corrected chi connectivity index (χ2v) is 8.32. The van der Waals surface area contributed by atoms with E-state index in [1.807, 2.05) is 31.2 Å². The van der Waals surface area contributed by atoms with Gasteiger partial charge >= 0.3 is 0 Å². The summed E-state index contributed by atoms with van der Waals surface area (Å²) >= 11 is 0. The predicted molar refractivity (Wildman–Crippen MR) is 97.0 cm³/mol. The Kier molecular flexibility index (Phi) is 5.78. The topological polar surface area (TPSA) is 63.2 Å². The van der Waals surface area contributed by atoms with Gasteiger partial charge in [-0.25, -0.2) is 8.42 Å². The molecule has 0 atom stereocenters. The first-order chi connectivity index (χ1) is 11.3. The average Bonchev–Trinajstić information content (AvgIpc) is 2.54. The quantitative estimate of drug-likeness (QED) is 0.863. The molecule has 0 spiro atoms. The second kappa shape index (κ2) is 7.62. The van der Waals surface area contributed by atoms with E-state index in [1.54, 1.807) is 24.3 Å². The van der Waals surface area contributed by atoms with Crippen molar-refractivity contribution >= 4 is 21.4 Å². The number of carbonyl (C=O) groups excluding carboxylic acids is 1. The van der Waals surface area contributed by atoms with Crippen LogP contribution in [0.2, 0.25) is 0 Å². The summed E-state index contributed by atoms with van der Waals surface area (Å²) in [5, 5.41) is 2.74. The van der Waals surface area contributed by atoms with E-state index in [9.17, 15) is 13.2 Å². The lowest BCUT2D eigenvalue weighted by Gasteiger charge is -2.09. The molecular formula is C19H23NO3S. The van der Waals surface area contributed by atoms with Crippen LogP contribution < -0.4 is 5.32 Å². The van der Waals surface area contributed by atoms with Gasteiger partial charge in [-0.05, 0) is 42.7 Å². The Labute approximate surface area is 143 Å². The van der Waals surface area contributed by atoms with Crippen molar-refractivity contribution in [2.45, 2.75) is 38.0 Å². The number of hydrogen-bond acceptors (Lipinski definition) is 3. The molecular weight excluding hydrogens is 322 g/mol. The van der Waals surface area contributed by atoms with E-state index in [4.69, 9.17) is 0 Å². The molecule has 0 saturated heterocycles. The SMILES string of the molecule is Cc1ccc(S(=O)(=O)CCC(=O)Nc2ccc(C(C)C)cc2)cc1. The van der Waals surface area contributed by atoms with E-state index >= 15 is 0 Å². The van der Waals surface area contributed by atoms with Gasteiger partial charge in [0.1, 0.15) is 0 Å². The first kappa shape index (κ1) is 18.2. The number of aryl methyl sites for hydroxylation is 1. The molecule has 1 N–H and O–H groups in total. The van der Waals surface area contributed by atoms with Crippen molar-refractivity contribution in [3.8, 4) is 0 Å². The minimum Gasteiger partial charge on any atom is -0.326 e. The average molecular weight is 345 g/mol. The summed E-state index contributed by atoms with van der Waals surface area (Å²) in [4.78, 5) is 12.2. The highest BCUT2D eigenvalue weighted by Gasteiger charge is 2.16. The van der Waals surface area contributed by atoms with Gasteiger partial charge in [-0.15, -0.1) is 0 Å². The molecule has 0 aliphatic heterocycles. The highest BCUT2D eigenvalue weighted by atomic mass is 32.2. The minimum absolute atomic E-state index is 0.0673. The molecule has 2 aromatic carbocycles. The summed E-state index contributed by atoms with van der Waals surface area (Å²) in [5.74, 6) is -0.0798. The van der Waals surface area contributed by atoms with Gasteiger partial charge in [0.05, 0.1) is 10.6 Å². The number of amides is 1. The smallest absolute Gasteiger partial charge is 0.225 e. The van der Waals surface area contributed by atoms with Gasteiger partial charge < -0.3 is 5.32 Å². The van der Waals surface area contributed by atoms with Crippen LogP contribution in [0.5, 0.6) is 0 Å². The predicted octanol–water partition coefficient (Wildman–Crippen LogP) is 3.92. The molecule has 0 aromatic heterocycles.